The van der Waals surface area contributed by atoms with Crippen LogP contribution in [0.25, 0.3) is 0 Å². The molecule has 0 amide bonds. The van der Waals surface area contributed by atoms with Crippen molar-refractivity contribution in [3.63, 3.8) is 0 Å². The van der Waals surface area contributed by atoms with Gasteiger partial charge in [-0.3, -0.25) is 4.99 Å². The maximum absolute atomic E-state index is 5.88. The third-order valence-corrected chi connectivity index (χ3v) is 2.40. The Morgan fingerprint density at radius 2 is 2.06 bits per heavy atom. The molecular formula is C12H23N3O2. The summed E-state index contributed by atoms with van der Waals surface area (Å²) in [5, 5.41) is 0. The van der Waals surface area contributed by atoms with Crippen LogP contribution in [0.4, 0.5) is 0 Å². The van der Waals surface area contributed by atoms with Crippen LogP contribution in [0.1, 0.15) is 20.8 Å². The smallest absolute Gasteiger partial charge is 0.209 e. The Hall–Kier alpha value is -1.49. The molecule has 0 aliphatic carbocycles. The van der Waals surface area contributed by atoms with Gasteiger partial charge in [0.15, 0.2) is 0 Å². The molecule has 0 heterocycles. The average Bonchev–Trinajstić information content (AvgIpc) is 2.32. The summed E-state index contributed by atoms with van der Waals surface area (Å²) in [5.74, 6) is 0.517. The van der Waals surface area contributed by atoms with Crippen molar-refractivity contribution >= 4 is 5.90 Å². The fourth-order valence-corrected chi connectivity index (χ4v) is 1.19. The lowest BCUT2D eigenvalue weighted by Gasteiger charge is -2.27. The number of nitrogens with two attached hydrogens (primary N) is 2. The highest BCUT2D eigenvalue weighted by molar-refractivity contribution is 5.77. The molecule has 0 aromatic rings. The van der Waals surface area contributed by atoms with Crippen molar-refractivity contribution in [1.82, 2.24) is 0 Å². The lowest BCUT2D eigenvalue weighted by Crippen LogP contribution is -2.37. The third-order valence-electron chi connectivity index (χ3n) is 2.40. The number of rotatable bonds is 6. The Morgan fingerprint density at radius 1 is 1.47 bits per heavy atom. The molecule has 0 radical (unpaired) electrons. The molecule has 0 aromatic heterocycles. The van der Waals surface area contributed by atoms with Gasteiger partial charge < -0.3 is 20.9 Å². The lowest BCUT2D eigenvalue weighted by atomic mass is 10.0. The zero-order chi connectivity index (χ0) is 13.5. The molecule has 0 saturated carbocycles. The first-order chi connectivity index (χ1) is 7.91. The first-order valence-corrected chi connectivity index (χ1v) is 5.49. The van der Waals surface area contributed by atoms with E-state index < -0.39 is 5.60 Å². The van der Waals surface area contributed by atoms with Crippen molar-refractivity contribution in [3.05, 3.63) is 24.0 Å². The van der Waals surface area contributed by atoms with Crippen molar-refractivity contribution < 1.29 is 9.47 Å². The van der Waals surface area contributed by atoms with Crippen molar-refractivity contribution in [2.24, 2.45) is 16.5 Å². The highest BCUT2D eigenvalue weighted by Crippen LogP contribution is 2.20. The van der Waals surface area contributed by atoms with Crippen LogP contribution in [0.2, 0.25) is 0 Å². The summed E-state index contributed by atoms with van der Waals surface area (Å²) in [6.45, 7) is 9.88. The van der Waals surface area contributed by atoms with Crippen LogP contribution in [0, 0.1) is 0 Å². The van der Waals surface area contributed by atoms with Crippen LogP contribution in [-0.2, 0) is 9.47 Å². The number of nitrogens with zero attached hydrogens (tertiary/aromatic N) is 1. The van der Waals surface area contributed by atoms with Crippen molar-refractivity contribution in [2.45, 2.75) is 26.4 Å². The minimum atomic E-state index is -0.814. The molecular weight excluding hydrogens is 218 g/mol. The summed E-state index contributed by atoms with van der Waals surface area (Å²) in [5.41, 5.74) is 11.7. The summed E-state index contributed by atoms with van der Waals surface area (Å²) < 4.78 is 10.9. The first-order valence-electron chi connectivity index (χ1n) is 5.49. The Balaban J connectivity index is 4.72. The fraction of sp³-hybridized carbons (Fsp3) is 0.583. The van der Waals surface area contributed by atoms with Gasteiger partial charge in [-0.05, 0) is 20.8 Å². The number of allylic oxidation sites excluding steroid dienone is 1. The molecule has 0 spiro atoms. The van der Waals surface area contributed by atoms with Crippen LogP contribution >= 0.6 is 0 Å². The molecule has 0 rings (SSSR count). The van der Waals surface area contributed by atoms with Gasteiger partial charge in [-0.25, -0.2) is 0 Å². The molecule has 0 saturated heterocycles. The second kappa shape index (κ2) is 6.96. The second-order valence-corrected chi connectivity index (χ2v) is 3.75. The van der Waals surface area contributed by atoms with Gasteiger partial charge in [-0.1, -0.05) is 12.7 Å². The normalized spacial score (nSPS) is 17.1. The average molecular weight is 241 g/mol. The van der Waals surface area contributed by atoms with E-state index in [4.69, 9.17) is 20.9 Å². The molecule has 1 unspecified atom stereocenters. The quantitative estimate of drug-likeness (QED) is 0.415. The van der Waals surface area contributed by atoms with Gasteiger partial charge in [-0.15, -0.1) is 0 Å². The van der Waals surface area contributed by atoms with Gasteiger partial charge in [0.05, 0.1) is 12.3 Å². The summed E-state index contributed by atoms with van der Waals surface area (Å²) >= 11 is 0. The summed E-state index contributed by atoms with van der Waals surface area (Å²) in [4.78, 5) is 3.97. The molecule has 0 aliphatic rings. The summed E-state index contributed by atoms with van der Waals surface area (Å²) in [6, 6.07) is 0. The van der Waals surface area contributed by atoms with E-state index in [1.807, 2.05) is 6.92 Å². The summed E-state index contributed by atoms with van der Waals surface area (Å²) in [6.07, 6.45) is 1.61. The molecule has 17 heavy (non-hydrogen) atoms. The minimum Gasteiger partial charge on any atom is -0.480 e. The number of aliphatic imine (C=N–C) groups is 1. The van der Waals surface area contributed by atoms with Crippen molar-refractivity contribution in [2.75, 3.05) is 20.3 Å². The standard InChI is InChI=1S/C12H23N3O2/c1-6-12(4,11(14)9(3)13)17-8-10(15-5)16-7-2/h6H,1,7-8,13-14H2,2-5H3/b11-9-,15-10?. The van der Waals surface area contributed by atoms with E-state index in [1.54, 1.807) is 27.0 Å². The fourth-order valence-electron chi connectivity index (χ4n) is 1.19. The number of hydrogen-bond acceptors (Lipinski definition) is 5. The highest BCUT2D eigenvalue weighted by atomic mass is 16.5. The lowest BCUT2D eigenvalue weighted by molar-refractivity contribution is 0.0484. The van der Waals surface area contributed by atoms with Crippen LogP contribution < -0.4 is 11.5 Å². The predicted molar refractivity (Wildman–Crippen MR) is 70.6 cm³/mol. The molecule has 0 aliphatic heterocycles. The molecule has 0 fully saturated rings. The van der Waals surface area contributed by atoms with Crippen molar-refractivity contribution in [3.8, 4) is 0 Å². The third kappa shape index (κ3) is 4.48. The SMILES string of the molecule is C=CC(C)(OCC(=NC)OCC)/C(N)=C(\C)N. The molecule has 1 atom stereocenters. The first kappa shape index (κ1) is 15.5. The van der Waals surface area contributed by atoms with E-state index in [2.05, 4.69) is 11.6 Å². The van der Waals surface area contributed by atoms with E-state index >= 15 is 0 Å². The maximum atomic E-state index is 5.88. The van der Waals surface area contributed by atoms with Crippen LogP contribution in [0.5, 0.6) is 0 Å². The van der Waals surface area contributed by atoms with Gasteiger partial charge in [0.1, 0.15) is 12.2 Å². The van der Waals surface area contributed by atoms with Gasteiger partial charge in [0.25, 0.3) is 0 Å². The second-order valence-electron chi connectivity index (χ2n) is 3.75. The van der Waals surface area contributed by atoms with Crippen LogP contribution in [0.3, 0.4) is 0 Å². The number of ether oxygens (including phenoxy) is 2. The Kier molecular flexibility index (Phi) is 6.35. The molecule has 5 heteroatoms. The maximum Gasteiger partial charge on any atom is 0.209 e. The van der Waals surface area contributed by atoms with Crippen LogP contribution in [0.15, 0.2) is 29.0 Å². The van der Waals surface area contributed by atoms with E-state index in [-0.39, 0.29) is 6.61 Å². The molecule has 0 aromatic carbocycles. The van der Waals surface area contributed by atoms with Gasteiger partial charge in [0.2, 0.25) is 5.90 Å². The Labute approximate surface area is 103 Å². The van der Waals surface area contributed by atoms with E-state index in [1.165, 1.54) is 0 Å². The van der Waals surface area contributed by atoms with Gasteiger partial charge >= 0.3 is 0 Å². The largest absolute Gasteiger partial charge is 0.480 e. The predicted octanol–water partition coefficient (Wildman–Crippen LogP) is 1.16. The van der Waals surface area contributed by atoms with E-state index in [0.29, 0.717) is 23.9 Å². The van der Waals surface area contributed by atoms with E-state index in [9.17, 15) is 0 Å². The molecule has 98 valence electrons. The number of hydrogen-bond donors (Lipinski definition) is 2. The topological polar surface area (TPSA) is 82.9 Å². The highest BCUT2D eigenvalue weighted by Gasteiger charge is 2.26. The monoisotopic (exact) mass is 241 g/mol. The van der Waals surface area contributed by atoms with Gasteiger partial charge in [-0.2, -0.15) is 0 Å². The zero-order valence-corrected chi connectivity index (χ0v) is 11.1. The summed E-state index contributed by atoms with van der Waals surface area (Å²) in [7, 11) is 1.65. The Morgan fingerprint density at radius 3 is 2.41 bits per heavy atom. The molecule has 5 nitrogen and oxygen atoms in total. The Bertz CT molecular complexity index is 320. The zero-order valence-electron chi connectivity index (χ0n) is 11.1. The molecule has 4 N–H and O–H groups in total. The minimum absolute atomic E-state index is 0.223. The van der Waals surface area contributed by atoms with Crippen molar-refractivity contribution in [1.29, 1.82) is 0 Å². The van der Waals surface area contributed by atoms with Gasteiger partial charge in [0, 0.05) is 12.7 Å². The van der Waals surface area contributed by atoms with E-state index in [0.717, 1.165) is 0 Å². The molecule has 0 bridgehead atoms. The van der Waals surface area contributed by atoms with Crippen LogP contribution in [-0.4, -0.2) is 31.8 Å².